The Morgan fingerprint density at radius 2 is 1.52 bits per heavy atom. The Morgan fingerprint density at radius 3 is 2.16 bits per heavy atom. The second kappa shape index (κ2) is 8.32. The first kappa shape index (κ1) is 22.2. The summed E-state index contributed by atoms with van der Waals surface area (Å²) in [7, 11) is 0. The zero-order valence-electron chi connectivity index (χ0n) is 16.5. The van der Waals surface area contributed by atoms with Crippen molar-refractivity contribution < 1.29 is 24.8 Å². The van der Waals surface area contributed by atoms with Crippen molar-refractivity contribution in [3.05, 3.63) is 42.0 Å². The molecular weight excluding hydrogens is 423 g/mol. The lowest BCUT2D eigenvalue weighted by Crippen LogP contribution is -2.15. The van der Waals surface area contributed by atoms with Gasteiger partial charge in [0.05, 0.1) is 0 Å². The molecule has 0 radical (unpaired) electrons. The summed E-state index contributed by atoms with van der Waals surface area (Å²) in [4.78, 5) is 23.2. The fourth-order valence-electron chi connectivity index (χ4n) is 2.36. The smallest absolute Gasteiger partial charge is 0.352 e. The largest absolute Gasteiger partial charge is 0.433 e. The fourth-order valence-corrected chi connectivity index (χ4v) is 2.36. The minimum Gasteiger partial charge on any atom is -0.352 e. The lowest BCUT2D eigenvalue weighted by Gasteiger charge is -2.13. The second-order valence-corrected chi connectivity index (χ2v) is 6.81. The van der Waals surface area contributed by atoms with Crippen LogP contribution >= 0.6 is 0 Å². The molecule has 3 aromatic rings. The van der Waals surface area contributed by atoms with E-state index in [2.05, 4.69) is 40.5 Å². The number of alkyl halides is 5. The Kier molecular flexibility index (Phi) is 5.95. The molecule has 0 spiro atoms. The second-order valence-electron chi connectivity index (χ2n) is 6.81. The highest BCUT2D eigenvalue weighted by molar-refractivity contribution is 5.57. The molecule has 0 saturated heterocycles. The van der Waals surface area contributed by atoms with Crippen molar-refractivity contribution >= 4 is 17.6 Å². The van der Waals surface area contributed by atoms with Crippen LogP contribution in [0.3, 0.4) is 0 Å². The lowest BCUT2D eigenvalue weighted by molar-refractivity contribution is -0.141. The highest BCUT2D eigenvalue weighted by Crippen LogP contribution is 2.29. The maximum atomic E-state index is 13.6. The predicted octanol–water partition coefficient (Wildman–Crippen LogP) is 4.91. The van der Waals surface area contributed by atoms with E-state index in [9.17, 15) is 22.0 Å². The van der Waals surface area contributed by atoms with Gasteiger partial charge in [0.25, 0.3) is 5.92 Å². The van der Waals surface area contributed by atoms with Gasteiger partial charge in [0, 0.05) is 33.9 Å². The van der Waals surface area contributed by atoms with Crippen LogP contribution in [0.15, 0.2) is 30.6 Å². The van der Waals surface area contributed by atoms with Gasteiger partial charge in [-0.05, 0) is 32.0 Å². The van der Waals surface area contributed by atoms with Crippen LogP contribution in [0.1, 0.15) is 35.0 Å². The first-order valence-corrected chi connectivity index (χ1v) is 8.96. The summed E-state index contributed by atoms with van der Waals surface area (Å²) in [5.74, 6) is -3.84. The van der Waals surface area contributed by atoms with Gasteiger partial charge in [0.1, 0.15) is 11.4 Å². The van der Waals surface area contributed by atoms with Crippen molar-refractivity contribution in [3.8, 4) is 11.6 Å². The molecule has 0 aromatic carbocycles. The Hall–Kier alpha value is -3.51. The average molecular weight is 444 g/mol. The van der Waals surface area contributed by atoms with Crippen molar-refractivity contribution in [2.24, 2.45) is 0 Å². The molecule has 0 aliphatic heterocycles. The van der Waals surface area contributed by atoms with Crippen LogP contribution in [-0.4, -0.2) is 35.9 Å². The Labute approximate surface area is 176 Å². The van der Waals surface area contributed by atoms with E-state index in [1.54, 1.807) is 13.8 Å². The summed E-state index contributed by atoms with van der Waals surface area (Å²) in [5.41, 5.74) is -1.44. The molecule has 3 aromatic heterocycles. The molecule has 168 valence electrons. The van der Waals surface area contributed by atoms with Crippen LogP contribution in [0, 0.1) is 0 Å². The van der Waals surface area contributed by atoms with Gasteiger partial charge in [-0.25, -0.2) is 9.97 Å². The number of hydrogen-bond donors (Lipinski definition) is 2. The molecule has 0 amide bonds. The van der Waals surface area contributed by atoms with E-state index in [1.165, 1.54) is 12.3 Å². The maximum Gasteiger partial charge on any atom is 0.433 e. The SMILES string of the molecule is CC(C)Nc1nc(Nc2ccnc(C(C)(F)F)c2)nc(-c2nccc(C(F)(F)F)n2)n1.[HH].[HH]. The quantitative estimate of drug-likeness (QED) is 0.517. The average Bonchev–Trinajstić information content (AvgIpc) is 2.66. The minimum absolute atomic E-state index is 0. The van der Waals surface area contributed by atoms with E-state index in [0.29, 0.717) is 6.92 Å². The highest BCUT2D eigenvalue weighted by atomic mass is 19.4. The molecule has 8 nitrogen and oxygen atoms in total. The van der Waals surface area contributed by atoms with Crippen molar-refractivity contribution in [2.75, 3.05) is 10.6 Å². The lowest BCUT2D eigenvalue weighted by atomic mass is 10.2. The fraction of sp³-hybridized carbons (Fsp3) is 0.333. The first-order valence-electron chi connectivity index (χ1n) is 8.96. The Morgan fingerprint density at radius 1 is 0.839 bits per heavy atom. The van der Waals surface area contributed by atoms with E-state index in [1.807, 2.05) is 0 Å². The number of hydrogen-bond acceptors (Lipinski definition) is 8. The number of rotatable bonds is 6. The maximum absolute atomic E-state index is 13.6. The van der Waals surface area contributed by atoms with Crippen molar-refractivity contribution in [1.82, 2.24) is 29.9 Å². The van der Waals surface area contributed by atoms with Crippen LogP contribution in [0.25, 0.3) is 11.6 Å². The Balaban J connectivity index is 0.00000272. The van der Waals surface area contributed by atoms with Gasteiger partial charge in [-0.1, -0.05) is 0 Å². The van der Waals surface area contributed by atoms with Crippen molar-refractivity contribution in [2.45, 2.75) is 38.9 Å². The molecule has 0 atom stereocenters. The molecule has 31 heavy (non-hydrogen) atoms. The zero-order valence-corrected chi connectivity index (χ0v) is 16.5. The number of halogens is 5. The molecule has 3 rings (SSSR count). The normalized spacial score (nSPS) is 12.2. The van der Waals surface area contributed by atoms with Gasteiger partial charge >= 0.3 is 6.18 Å². The summed E-state index contributed by atoms with van der Waals surface area (Å²) >= 11 is 0. The molecule has 2 N–H and O–H groups in total. The minimum atomic E-state index is -4.68. The topological polar surface area (TPSA) is 101 Å². The molecular formula is C18H21F5N8. The number of pyridine rings is 1. The number of nitrogens with one attached hydrogen (secondary N) is 2. The van der Waals surface area contributed by atoms with Crippen molar-refractivity contribution in [3.63, 3.8) is 0 Å². The highest BCUT2D eigenvalue weighted by Gasteiger charge is 2.33. The van der Waals surface area contributed by atoms with Gasteiger partial charge in [0.2, 0.25) is 17.7 Å². The number of aromatic nitrogens is 6. The van der Waals surface area contributed by atoms with E-state index >= 15 is 0 Å². The van der Waals surface area contributed by atoms with E-state index in [4.69, 9.17) is 0 Å². The Bertz CT molecular complexity index is 1080. The van der Waals surface area contributed by atoms with Crippen LogP contribution in [0.2, 0.25) is 0 Å². The summed E-state index contributed by atoms with van der Waals surface area (Å²) in [6, 6.07) is 3.13. The molecule has 0 fully saturated rings. The van der Waals surface area contributed by atoms with Crippen LogP contribution in [0.4, 0.5) is 39.5 Å². The summed E-state index contributed by atoms with van der Waals surface area (Å²) in [5, 5.41) is 5.64. The first-order chi connectivity index (χ1) is 14.4. The monoisotopic (exact) mass is 444 g/mol. The molecule has 0 unspecified atom stereocenters. The molecule has 0 aliphatic rings. The van der Waals surface area contributed by atoms with Crippen LogP contribution in [-0.2, 0) is 12.1 Å². The molecule has 3 heterocycles. The van der Waals surface area contributed by atoms with Gasteiger partial charge in [-0.2, -0.15) is 36.9 Å². The third-order valence-electron chi connectivity index (χ3n) is 3.67. The third kappa shape index (κ3) is 5.77. The van der Waals surface area contributed by atoms with E-state index in [0.717, 1.165) is 18.3 Å². The zero-order chi connectivity index (χ0) is 22.8. The van der Waals surface area contributed by atoms with Gasteiger partial charge in [0.15, 0.2) is 5.82 Å². The molecule has 13 heteroatoms. The van der Waals surface area contributed by atoms with E-state index < -0.39 is 23.5 Å². The number of nitrogens with zero attached hydrogens (tertiary/aromatic N) is 6. The molecule has 0 bridgehead atoms. The summed E-state index contributed by atoms with van der Waals surface area (Å²) in [6.07, 6.45) is -2.56. The summed E-state index contributed by atoms with van der Waals surface area (Å²) in [6.45, 7) is 4.31. The van der Waals surface area contributed by atoms with Crippen LogP contribution in [0.5, 0.6) is 0 Å². The van der Waals surface area contributed by atoms with Gasteiger partial charge in [-0.3, -0.25) is 4.98 Å². The molecule has 0 aliphatic carbocycles. The summed E-state index contributed by atoms with van der Waals surface area (Å²) < 4.78 is 66.1. The number of anilines is 3. The van der Waals surface area contributed by atoms with Gasteiger partial charge in [-0.15, -0.1) is 0 Å². The van der Waals surface area contributed by atoms with Gasteiger partial charge < -0.3 is 10.6 Å². The molecule has 0 saturated carbocycles. The van der Waals surface area contributed by atoms with E-state index in [-0.39, 0.29) is 38.1 Å². The third-order valence-corrected chi connectivity index (χ3v) is 3.67. The predicted molar refractivity (Wildman–Crippen MR) is 106 cm³/mol. The standard InChI is InChI=1S/C18H17F5N8.2H2/c1-9(2)26-15-29-14(13-25-7-5-11(28-13)18(21,22)23)30-16(31-15)27-10-4-6-24-12(8-10)17(3,19)20;;/h4-9H,1-3H3,(H2,24,26,27,29,30,31);2*1H. The van der Waals surface area contributed by atoms with Crippen LogP contribution < -0.4 is 10.6 Å². The van der Waals surface area contributed by atoms with Crippen molar-refractivity contribution in [1.29, 1.82) is 0 Å².